The zero-order valence-corrected chi connectivity index (χ0v) is 18.1. The SMILES string of the molecule is CC(CC(=O)N1CCC(N2CN3CN(C)C=C3C2=O)CC1)NC(=O)OC(C)(C)C. The Bertz CT molecular complexity index is 693. The number of hydrogen-bond acceptors (Lipinski definition) is 6. The molecule has 162 valence electrons. The predicted molar refractivity (Wildman–Crippen MR) is 107 cm³/mol. The molecule has 0 bridgehead atoms. The maximum atomic E-state index is 12.7. The molecule has 29 heavy (non-hydrogen) atoms. The minimum Gasteiger partial charge on any atom is -0.444 e. The molecule has 3 aliphatic heterocycles. The lowest BCUT2D eigenvalue weighted by Crippen LogP contribution is -2.49. The number of alkyl carbamates (subject to hydrolysis) is 1. The summed E-state index contributed by atoms with van der Waals surface area (Å²) in [5, 5.41) is 2.71. The van der Waals surface area contributed by atoms with E-state index in [-0.39, 0.29) is 30.3 Å². The molecule has 3 heterocycles. The third-order valence-corrected chi connectivity index (χ3v) is 5.38. The first-order valence-corrected chi connectivity index (χ1v) is 10.3. The van der Waals surface area contributed by atoms with E-state index in [0.29, 0.717) is 19.8 Å². The second-order valence-electron chi connectivity index (χ2n) is 9.23. The molecule has 1 unspecified atom stereocenters. The van der Waals surface area contributed by atoms with Crippen LogP contribution in [0.2, 0.25) is 0 Å². The van der Waals surface area contributed by atoms with Gasteiger partial charge in [-0.25, -0.2) is 4.79 Å². The van der Waals surface area contributed by atoms with Crippen molar-refractivity contribution in [2.24, 2.45) is 0 Å². The molecule has 9 nitrogen and oxygen atoms in total. The van der Waals surface area contributed by atoms with E-state index >= 15 is 0 Å². The van der Waals surface area contributed by atoms with E-state index in [9.17, 15) is 14.4 Å². The third-order valence-electron chi connectivity index (χ3n) is 5.38. The van der Waals surface area contributed by atoms with Gasteiger partial charge in [-0.15, -0.1) is 0 Å². The van der Waals surface area contributed by atoms with Gasteiger partial charge in [0.15, 0.2) is 0 Å². The van der Waals surface area contributed by atoms with Crippen LogP contribution >= 0.6 is 0 Å². The van der Waals surface area contributed by atoms with Crippen LogP contribution in [-0.2, 0) is 14.3 Å². The van der Waals surface area contributed by atoms with E-state index in [2.05, 4.69) is 10.2 Å². The molecule has 1 atom stereocenters. The number of ether oxygens (including phenoxy) is 1. The van der Waals surface area contributed by atoms with Gasteiger partial charge in [0, 0.05) is 44.8 Å². The third kappa shape index (κ3) is 5.13. The first kappa shape index (κ1) is 21.3. The van der Waals surface area contributed by atoms with Crippen molar-refractivity contribution in [2.75, 3.05) is 33.5 Å². The highest BCUT2D eigenvalue weighted by Gasteiger charge is 2.41. The van der Waals surface area contributed by atoms with Crippen LogP contribution in [0.3, 0.4) is 0 Å². The molecule has 0 aromatic carbocycles. The maximum Gasteiger partial charge on any atom is 0.407 e. The van der Waals surface area contributed by atoms with Crippen LogP contribution in [0.4, 0.5) is 4.79 Å². The lowest BCUT2D eigenvalue weighted by atomic mass is 10.0. The Morgan fingerprint density at radius 1 is 1.24 bits per heavy atom. The molecular weight excluding hydrogens is 374 g/mol. The fourth-order valence-electron chi connectivity index (χ4n) is 4.04. The number of carbonyl (C=O) groups excluding carboxylic acids is 3. The number of nitrogens with one attached hydrogen (secondary N) is 1. The van der Waals surface area contributed by atoms with Gasteiger partial charge in [0.05, 0.1) is 13.3 Å². The number of hydrogen-bond donors (Lipinski definition) is 1. The molecule has 0 aromatic rings. The number of amides is 3. The Morgan fingerprint density at radius 3 is 2.48 bits per heavy atom. The van der Waals surface area contributed by atoms with E-state index in [1.807, 2.05) is 27.9 Å². The summed E-state index contributed by atoms with van der Waals surface area (Å²) in [6.45, 7) is 9.85. The van der Waals surface area contributed by atoms with Crippen molar-refractivity contribution >= 4 is 17.9 Å². The summed E-state index contributed by atoms with van der Waals surface area (Å²) in [7, 11) is 1.96. The monoisotopic (exact) mass is 407 g/mol. The van der Waals surface area contributed by atoms with Crippen molar-refractivity contribution in [2.45, 2.75) is 64.6 Å². The zero-order valence-electron chi connectivity index (χ0n) is 18.1. The number of nitrogens with zero attached hydrogens (tertiary/aromatic N) is 4. The van der Waals surface area contributed by atoms with Gasteiger partial charge in [-0.05, 0) is 40.5 Å². The van der Waals surface area contributed by atoms with Crippen LogP contribution in [0.1, 0.15) is 47.0 Å². The summed E-state index contributed by atoms with van der Waals surface area (Å²) in [4.78, 5) is 45.0. The van der Waals surface area contributed by atoms with Crippen LogP contribution < -0.4 is 5.32 Å². The van der Waals surface area contributed by atoms with Crippen molar-refractivity contribution < 1.29 is 19.1 Å². The van der Waals surface area contributed by atoms with E-state index in [4.69, 9.17) is 4.74 Å². The number of rotatable bonds is 4. The van der Waals surface area contributed by atoms with Gasteiger partial charge in [0.2, 0.25) is 5.91 Å². The predicted octanol–water partition coefficient (Wildman–Crippen LogP) is 1.13. The summed E-state index contributed by atoms with van der Waals surface area (Å²) in [5.41, 5.74) is 0.205. The Labute approximate surface area is 172 Å². The van der Waals surface area contributed by atoms with Crippen LogP contribution in [0.5, 0.6) is 0 Å². The van der Waals surface area contributed by atoms with Gasteiger partial charge in [0.1, 0.15) is 11.3 Å². The van der Waals surface area contributed by atoms with E-state index < -0.39 is 11.7 Å². The van der Waals surface area contributed by atoms with Gasteiger partial charge in [-0.3, -0.25) is 9.59 Å². The van der Waals surface area contributed by atoms with Gasteiger partial charge in [-0.2, -0.15) is 0 Å². The minimum absolute atomic E-state index is 0.0182. The highest BCUT2D eigenvalue weighted by molar-refractivity contribution is 5.95. The highest BCUT2D eigenvalue weighted by Crippen LogP contribution is 2.29. The summed E-state index contributed by atoms with van der Waals surface area (Å²) in [6.07, 6.45) is 3.19. The van der Waals surface area contributed by atoms with Gasteiger partial charge in [0.25, 0.3) is 5.91 Å². The summed E-state index contributed by atoms with van der Waals surface area (Å²) < 4.78 is 5.23. The minimum atomic E-state index is -0.566. The maximum absolute atomic E-state index is 12.7. The molecule has 2 saturated heterocycles. The molecule has 2 fully saturated rings. The number of likely N-dealkylation sites (tertiary alicyclic amines) is 1. The quantitative estimate of drug-likeness (QED) is 0.752. The number of piperidine rings is 1. The molecule has 0 aliphatic carbocycles. The number of fused-ring (bicyclic) bond motifs is 1. The fourth-order valence-corrected chi connectivity index (χ4v) is 4.04. The second kappa shape index (κ2) is 8.12. The van der Waals surface area contributed by atoms with Crippen LogP contribution in [0.25, 0.3) is 0 Å². The second-order valence-corrected chi connectivity index (χ2v) is 9.23. The van der Waals surface area contributed by atoms with Crippen molar-refractivity contribution in [3.63, 3.8) is 0 Å². The molecule has 3 rings (SSSR count). The lowest BCUT2D eigenvalue weighted by molar-refractivity contribution is -0.134. The molecule has 0 saturated carbocycles. The first-order valence-electron chi connectivity index (χ1n) is 10.3. The van der Waals surface area contributed by atoms with Crippen molar-refractivity contribution in [1.82, 2.24) is 24.9 Å². The molecule has 9 heteroatoms. The van der Waals surface area contributed by atoms with Crippen molar-refractivity contribution in [3.8, 4) is 0 Å². The Morgan fingerprint density at radius 2 is 1.90 bits per heavy atom. The largest absolute Gasteiger partial charge is 0.444 e. The molecule has 0 radical (unpaired) electrons. The average molecular weight is 408 g/mol. The van der Waals surface area contributed by atoms with Crippen LogP contribution in [-0.4, -0.2) is 88.7 Å². The smallest absolute Gasteiger partial charge is 0.407 e. The van der Waals surface area contributed by atoms with Gasteiger partial charge < -0.3 is 29.7 Å². The summed E-state index contributed by atoms with van der Waals surface area (Å²) >= 11 is 0. The Balaban J connectivity index is 1.43. The fraction of sp³-hybridized carbons (Fsp3) is 0.750. The molecular formula is C20H33N5O4. The van der Waals surface area contributed by atoms with E-state index in [1.165, 1.54) is 0 Å². The Hall–Kier alpha value is -2.45. The molecule has 1 N–H and O–H groups in total. The van der Waals surface area contributed by atoms with Gasteiger partial charge in [-0.1, -0.05) is 0 Å². The van der Waals surface area contributed by atoms with E-state index in [0.717, 1.165) is 25.2 Å². The van der Waals surface area contributed by atoms with E-state index in [1.54, 1.807) is 27.7 Å². The van der Waals surface area contributed by atoms with Crippen LogP contribution in [0.15, 0.2) is 11.9 Å². The first-order chi connectivity index (χ1) is 13.5. The number of carbonyl (C=O) groups is 3. The topological polar surface area (TPSA) is 85.4 Å². The molecule has 0 aromatic heterocycles. The highest BCUT2D eigenvalue weighted by atomic mass is 16.6. The average Bonchev–Trinajstić information content (AvgIpc) is 3.10. The summed E-state index contributed by atoms with van der Waals surface area (Å²) in [6, 6.07) is -0.132. The molecule has 0 spiro atoms. The van der Waals surface area contributed by atoms with Gasteiger partial charge >= 0.3 is 6.09 Å². The lowest BCUT2D eigenvalue weighted by Gasteiger charge is -2.37. The molecule has 3 amide bonds. The summed E-state index contributed by atoms with van der Waals surface area (Å²) in [5.74, 6) is 0.110. The van der Waals surface area contributed by atoms with Crippen molar-refractivity contribution in [1.29, 1.82) is 0 Å². The molecule has 3 aliphatic rings. The van der Waals surface area contributed by atoms with Crippen LogP contribution in [0, 0.1) is 0 Å². The standard InChI is InChI=1S/C20H33N5O4/c1-14(21-19(28)29-20(2,3)4)10-17(26)23-8-6-15(7-9-23)25-13-24-12-22(5)11-16(24)18(25)27/h11,14-15H,6-10,12-13H2,1-5H3,(H,21,28). The van der Waals surface area contributed by atoms with Crippen molar-refractivity contribution in [3.05, 3.63) is 11.9 Å². The normalized spacial score (nSPS) is 21.3. The zero-order chi connectivity index (χ0) is 21.3. The Kier molecular flexibility index (Phi) is 5.95.